The van der Waals surface area contributed by atoms with Crippen LogP contribution in [-0.4, -0.2) is 9.55 Å². The van der Waals surface area contributed by atoms with Crippen LogP contribution in [0.4, 0.5) is 0 Å². The molecule has 0 bridgehead atoms. The van der Waals surface area contributed by atoms with Gasteiger partial charge in [-0.25, -0.2) is 0 Å². The zero-order chi connectivity index (χ0) is 11.0. The molecule has 0 atom stereocenters. The van der Waals surface area contributed by atoms with Crippen molar-refractivity contribution in [2.45, 2.75) is 0 Å². The Balaban J connectivity index is 2.26. The highest BCUT2D eigenvalue weighted by molar-refractivity contribution is 6.31. The molecule has 2 heterocycles. The number of hydrogen-bond acceptors (Lipinski definition) is 1. The molecule has 16 heavy (non-hydrogen) atoms. The minimum Gasteiger partial charge on any atom is -0.315 e. The van der Waals surface area contributed by atoms with E-state index in [1.165, 1.54) is 0 Å². The standard InChI is InChI=1S/C13H9ClN2/c14-11-3-4-13-10(8-11)5-7-16(13)12-2-1-6-15-9-12/h1-9H. The molecule has 0 saturated heterocycles. The average Bonchev–Trinajstić information content (AvgIpc) is 2.73. The van der Waals surface area contributed by atoms with E-state index < -0.39 is 0 Å². The lowest BCUT2D eigenvalue weighted by molar-refractivity contribution is 1.10. The van der Waals surface area contributed by atoms with Crippen LogP contribution in [0.15, 0.2) is 55.0 Å². The first kappa shape index (κ1) is 9.43. The number of pyridine rings is 1. The van der Waals surface area contributed by atoms with Crippen molar-refractivity contribution < 1.29 is 0 Å². The molecule has 2 nitrogen and oxygen atoms in total. The molecule has 3 rings (SSSR count). The molecule has 0 aliphatic rings. The van der Waals surface area contributed by atoms with Crippen molar-refractivity contribution in [2.75, 3.05) is 0 Å². The summed E-state index contributed by atoms with van der Waals surface area (Å²) in [6.07, 6.45) is 5.64. The second-order valence-electron chi connectivity index (χ2n) is 3.60. The summed E-state index contributed by atoms with van der Waals surface area (Å²) in [7, 11) is 0. The zero-order valence-electron chi connectivity index (χ0n) is 8.47. The van der Waals surface area contributed by atoms with Crippen LogP contribution in [0.1, 0.15) is 0 Å². The van der Waals surface area contributed by atoms with E-state index >= 15 is 0 Å². The van der Waals surface area contributed by atoms with Crippen LogP contribution < -0.4 is 0 Å². The summed E-state index contributed by atoms with van der Waals surface area (Å²) < 4.78 is 2.10. The normalized spacial score (nSPS) is 10.8. The molecule has 0 N–H and O–H groups in total. The Morgan fingerprint density at radius 1 is 1.12 bits per heavy atom. The first-order valence-corrected chi connectivity index (χ1v) is 5.39. The lowest BCUT2D eigenvalue weighted by Crippen LogP contribution is -1.91. The van der Waals surface area contributed by atoms with Crippen LogP contribution >= 0.6 is 11.6 Å². The molecule has 0 fully saturated rings. The molecule has 0 amide bonds. The number of halogens is 1. The van der Waals surface area contributed by atoms with Crippen molar-refractivity contribution in [3.05, 3.63) is 60.0 Å². The number of aromatic nitrogens is 2. The van der Waals surface area contributed by atoms with Crippen LogP contribution in [0.3, 0.4) is 0 Å². The van der Waals surface area contributed by atoms with Gasteiger partial charge in [-0.2, -0.15) is 0 Å². The largest absolute Gasteiger partial charge is 0.315 e. The molecule has 1 aromatic carbocycles. The third-order valence-electron chi connectivity index (χ3n) is 2.58. The lowest BCUT2D eigenvalue weighted by atomic mass is 10.2. The molecule has 0 unspecified atom stereocenters. The minimum atomic E-state index is 0.761. The quantitative estimate of drug-likeness (QED) is 0.621. The second kappa shape index (κ2) is 3.65. The maximum atomic E-state index is 5.95. The predicted octanol–water partition coefficient (Wildman–Crippen LogP) is 3.68. The Kier molecular flexibility index (Phi) is 2.15. The molecule has 3 heteroatoms. The van der Waals surface area contributed by atoms with Crippen molar-refractivity contribution in [3.8, 4) is 5.69 Å². The monoisotopic (exact) mass is 228 g/mol. The van der Waals surface area contributed by atoms with Crippen molar-refractivity contribution >= 4 is 22.5 Å². The van der Waals surface area contributed by atoms with Crippen LogP contribution in [0.2, 0.25) is 5.02 Å². The van der Waals surface area contributed by atoms with Gasteiger partial charge in [-0.05, 0) is 36.4 Å². The Morgan fingerprint density at radius 2 is 2.06 bits per heavy atom. The first-order chi connectivity index (χ1) is 7.84. The Hall–Kier alpha value is -1.80. The molecule has 0 aliphatic heterocycles. The number of rotatable bonds is 1. The van der Waals surface area contributed by atoms with Crippen molar-refractivity contribution in [3.63, 3.8) is 0 Å². The third-order valence-corrected chi connectivity index (χ3v) is 2.81. The van der Waals surface area contributed by atoms with Gasteiger partial charge in [-0.1, -0.05) is 11.6 Å². The fraction of sp³-hybridized carbons (Fsp3) is 0. The van der Waals surface area contributed by atoms with Gasteiger partial charge in [0.25, 0.3) is 0 Å². The van der Waals surface area contributed by atoms with Gasteiger partial charge in [0, 0.05) is 22.8 Å². The summed E-state index contributed by atoms with van der Waals surface area (Å²) in [4.78, 5) is 4.12. The van der Waals surface area contributed by atoms with E-state index in [4.69, 9.17) is 11.6 Å². The highest BCUT2D eigenvalue weighted by atomic mass is 35.5. The fourth-order valence-electron chi connectivity index (χ4n) is 1.83. The molecular weight excluding hydrogens is 220 g/mol. The smallest absolute Gasteiger partial charge is 0.0639 e. The van der Waals surface area contributed by atoms with Crippen LogP contribution in [0.25, 0.3) is 16.6 Å². The van der Waals surface area contributed by atoms with Gasteiger partial charge in [0.05, 0.1) is 17.4 Å². The Labute approximate surface area is 98.1 Å². The van der Waals surface area contributed by atoms with E-state index in [0.717, 1.165) is 21.6 Å². The van der Waals surface area contributed by atoms with Crippen LogP contribution in [0, 0.1) is 0 Å². The molecular formula is C13H9ClN2. The topological polar surface area (TPSA) is 17.8 Å². The summed E-state index contributed by atoms with van der Waals surface area (Å²) in [5.41, 5.74) is 2.19. The van der Waals surface area contributed by atoms with Gasteiger partial charge >= 0.3 is 0 Å². The third kappa shape index (κ3) is 1.48. The Bertz CT molecular complexity index is 629. The van der Waals surface area contributed by atoms with Crippen LogP contribution in [-0.2, 0) is 0 Å². The second-order valence-corrected chi connectivity index (χ2v) is 4.04. The number of benzene rings is 1. The number of fused-ring (bicyclic) bond motifs is 1. The Morgan fingerprint density at radius 3 is 2.88 bits per heavy atom. The molecule has 0 radical (unpaired) electrons. The average molecular weight is 229 g/mol. The van der Waals surface area contributed by atoms with Gasteiger partial charge in [0.1, 0.15) is 0 Å². The van der Waals surface area contributed by atoms with Crippen molar-refractivity contribution in [1.82, 2.24) is 9.55 Å². The highest BCUT2D eigenvalue weighted by Gasteiger charge is 2.02. The van der Waals surface area contributed by atoms with E-state index in [2.05, 4.69) is 9.55 Å². The van der Waals surface area contributed by atoms with E-state index in [1.807, 2.05) is 48.8 Å². The van der Waals surface area contributed by atoms with Crippen molar-refractivity contribution in [2.24, 2.45) is 0 Å². The molecule has 3 aromatic rings. The SMILES string of the molecule is Clc1ccc2c(ccn2-c2cccnc2)c1. The van der Waals surface area contributed by atoms with Gasteiger partial charge in [-0.15, -0.1) is 0 Å². The number of hydrogen-bond donors (Lipinski definition) is 0. The first-order valence-electron chi connectivity index (χ1n) is 5.01. The summed E-state index contributed by atoms with van der Waals surface area (Å²) in [5.74, 6) is 0. The molecule has 0 spiro atoms. The summed E-state index contributed by atoms with van der Waals surface area (Å²) in [6.45, 7) is 0. The lowest BCUT2D eigenvalue weighted by Gasteiger charge is -2.04. The van der Waals surface area contributed by atoms with Gasteiger partial charge in [0.2, 0.25) is 0 Å². The predicted molar refractivity (Wildman–Crippen MR) is 66.1 cm³/mol. The maximum Gasteiger partial charge on any atom is 0.0639 e. The van der Waals surface area contributed by atoms with E-state index in [1.54, 1.807) is 6.20 Å². The highest BCUT2D eigenvalue weighted by Crippen LogP contribution is 2.23. The maximum absolute atomic E-state index is 5.95. The summed E-state index contributed by atoms with van der Waals surface area (Å²) in [5, 5.41) is 1.90. The molecule has 0 aliphatic carbocycles. The molecule has 0 saturated carbocycles. The minimum absolute atomic E-state index is 0.761. The molecule has 2 aromatic heterocycles. The summed E-state index contributed by atoms with van der Waals surface area (Å²) in [6, 6.07) is 11.9. The fourth-order valence-corrected chi connectivity index (χ4v) is 2.02. The van der Waals surface area contributed by atoms with Crippen molar-refractivity contribution in [1.29, 1.82) is 0 Å². The summed E-state index contributed by atoms with van der Waals surface area (Å²) >= 11 is 5.95. The van der Waals surface area contributed by atoms with Gasteiger partial charge in [0.15, 0.2) is 0 Å². The van der Waals surface area contributed by atoms with E-state index in [-0.39, 0.29) is 0 Å². The van der Waals surface area contributed by atoms with E-state index in [0.29, 0.717) is 0 Å². The zero-order valence-corrected chi connectivity index (χ0v) is 9.22. The number of nitrogens with zero attached hydrogens (tertiary/aromatic N) is 2. The van der Waals surface area contributed by atoms with Gasteiger partial charge < -0.3 is 4.57 Å². The van der Waals surface area contributed by atoms with E-state index in [9.17, 15) is 0 Å². The molecule has 78 valence electrons. The van der Waals surface area contributed by atoms with Crippen LogP contribution in [0.5, 0.6) is 0 Å². The van der Waals surface area contributed by atoms with Gasteiger partial charge in [-0.3, -0.25) is 4.98 Å².